The largest absolute Gasteiger partial charge is 0.415 e. The van der Waals surface area contributed by atoms with Crippen LogP contribution in [0, 0.1) is 5.82 Å². The van der Waals surface area contributed by atoms with E-state index in [4.69, 9.17) is 4.42 Å². The number of amides is 1. The minimum absolute atomic E-state index is 0.0532. The number of halogens is 3. The van der Waals surface area contributed by atoms with Crippen LogP contribution in [0.25, 0.3) is 22.6 Å². The van der Waals surface area contributed by atoms with E-state index in [1.54, 1.807) is 12.4 Å². The molecule has 1 amide bonds. The predicted molar refractivity (Wildman–Crippen MR) is 121 cm³/mol. The first-order valence-corrected chi connectivity index (χ1v) is 10.2. The molecule has 0 radical (unpaired) electrons. The summed E-state index contributed by atoms with van der Waals surface area (Å²) in [6.07, 6.45) is 1.08. The van der Waals surface area contributed by atoms with Crippen LogP contribution in [0.5, 0.6) is 0 Å². The van der Waals surface area contributed by atoms with E-state index in [9.17, 15) is 18.0 Å². The van der Waals surface area contributed by atoms with Crippen molar-refractivity contribution in [3.63, 3.8) is 0 Å². The molecule has 2 aromatic carbocycles. The highest BCUT2D eigenvalue weighted by Crippen LogP contribution is 2.34. The van der Waals surface area contributed by atoms with Crippen molar-refractivity contribution in [2.45, 2.75) is 13.0 Å². The van der Waals surface area contributed by atoms with Crippen molar-refractivity contribution in [3.8, 4) is 22.6 Å². The Kier molecular flexibility index (Phi) is 6.58. The van der Waals surface area contributed by atoms with Gasteiger partial charge < -0.3 is 14.2 Å². The molecule has 2 heterocycles. The lowest BCUT2D eigenvalue weighted by Gasteiger charge is -2.25. The van der Waals surface area contributed by atoms with E-state index in [1.165, 1.54) is 17.0 Å². The van der Waals surface area contributed by atoms with Crippen LogP contribution in [-0.4, -0.2) is 35.7 Å². The molecule has 4 rings (SSSR count). The van der Waals surface area contributed by atoms with Crippen molar-refractivity contribution in [3.05, 3.63) is 78.2 Å². The molecule has 7 nitrogen and oxygen atoms in total. The Bertz CT molecular complexity index is 1300. The Balaban J connectivity index is 1.66. The van der Waals surface area contributed by atoms with Crippen LogP contribution in [-0.2, 0) is 11.3 Å². The molecular weight excluding hydrogens is 447 g/mol. The summed E-state index contributed by atoms with van der Waals surface area (Å²) in [5.74, 6) is -1.69. The highest BCUT2D eigenvalue weighted by Gasteiger charge is 2.19. The number of aromatic nitrogens is 3. The first kappa shape index (κ1) is 23.0. The van der Waals surface area contributed by atoms with Crippen LogP contribution < -0.4 is 9.80 Å². The lowest BCUT2D eigenvalue weighted by atomic mass is 10.0. The van der Waals surface area contributed by atoms with Gasteiger partial charge in [0.15, 0.2) is 0 Å². The van der Waals surface area contributed by atoms with E-state index in [-0.39, 0.29) is 23.6 Å². The van der Waals surface area contributed by atoms with E-state index >= 15 is 0 Å². The summed E-state index contributed by atoms with van der Waals surface area (Å²) < 4.78 is 45.2. The summed E-state index contributed by atoms with van der Waals surface area (Å²) in [6.45, 7) is -0.0532. The maximum Gasteiger partial charge on any atom is 0.314 e. The van der Waals surface area contributed by atoms with Crippen molar-refractivity contribution in [1.82, 2.24) is 15.2 Å². The number of nitrogens with zero attached hydrogens (tertiary/aromatic N) is 5. The molecule has 4 aromatic rings. The van der Waals surface area contributed by atoms with Gasteiger partial charge in [-0.25, -0.2) is 4.39 Å². The Morgan fingerprint density at radius 2 is 1.68 bits per heavy atom. The van der Waals surface area contributed by atoms with Crippen molar-refractivity contribution < 1.29 is 22.4 Å². The molecule has 0 saturated carbocycles. The van der Waals surface area contributed by atoms with Crippen molar-refractivity contribution in [2.24, 2.45) is 0 Å². The van der Waals surface area contributed by atoms with Crippen molar-refractivity contribution in [2.75, 3.05) is 23.9 Å². The fourth-order valence-corrected chi connectivity index (χ4v) is 3.47. The summed E-state index contributed by atoms with van der Waals surface area (Å²) in [4.78, 5) is 19.4. The molecule has 0 bridgehead atoms. The molecule has 0 atom stereocenters. The van der Waals surface area contributed by atoms with E-state index in [2.05, 4.69) is 15.2 Å². The number of benzene rings is 2. The first-order valence-electron chi connectivity index (χ1n) is 10.2. The third kappa shape index (κ3) is 4.75. The number of hydrogen-bond acceptors (Lipinski definition) is 6. The molecule has 0 aliphatic rings. The molecule has 0 N–H and O–H groups in total. The van der Waals surface area contributed by atoms with Gasteiger partial charge in [-0.3, -0.25) is 9.78 Å². The Morgan fingerprint density at radius 1 is 0.941 bits per heavy atom. The monoisotopic (exact) mass is 467 g/mol. The lowest BCUT2D eigenvalue weighted by molar-refractivity contribution is -0.107. The van der Waals surface area contributed by atoms with Crippen LogP contribution in [0.2, 0.25) is 0 Å². The summed E-state index contributed by atoms with van der Waals surface area (Å²) in [5.41, 5.74) is 3.54. The van der Waals surface area contributed by atoms with Gasteiger partial charge in [0.1, 0.15) is 5.82 Å². The van der Waals surface area contributed by atoms with Gasteiger partial charge in [0.05, 0.1) is 17.9 Å². The molecule has 0 saturated heterocycles. The Hall–Kier alpha value is -4.21. The average molecular weight is 467 g/mol. The van der Waals surface area contributed by atoms with Crippen LogP contribution >= 0.6 is 0 Å². The molecule has 2 aromatic heterocycles. The standard InChI is InChI=1S/C24H20F3N5O2/c1-31(2)20-6-5-16(15-7-9-28-10-8-15)12-21(20)32(14-33)13-18-4-3-17(11-19(18)25)23-29-30-24(34-23)22(26)27/h3-12,14,22H,13H2,1-2H3. The van der Waals surface area contributed by atoms with Crippen molar-refractivity contribution >= 4 is 17.8 Å². The van der Waals surface area contributed by atoms with E-state index < -0.39 is 18.1 Å². The van der Waals surface area contributed by atoms with Crippen LogP contribution in [0.3, 0.4) is 0 Å². The minimum Gasteiger partial charge on any atom is -0.415 e. The van der Waals surface area contributed by atoms with Crippen LogP contribution in [0.4, 0.5) is 24.5 Å². The smallest absolute Gasteiger partial charge is 0.314 e. The molecule has 174 valence electrons. The Morgan fingerprint density at radius 3 is 2.29 bits per heavy atom. The molecule has 0 unspecified atom stereocenters. The number of anilines is 2. The predicted octanol–water partition coefficient (Wildman–Crippen LogP) is 5.10. The zero-order chi connectivity index (χ0) is 24.2. The summed E-state index contributed by atoms with van der Waals surface area (Å²) in [7, 11) is 3.70. The van der Waals surface area contributed by atoms with Gasteiger partial charge in [0, 0.05) is 37.6 Å². The quantitative estimate of drug-likeness (QED) is 0.336. The fraction of sp³-hybridized carbons (Fsp3) is 0.167. The van der Waals surface area contributed by atoms with E-state index in [0.717, 1.165) is 22.9 Å². The molecule has 10 heteroatoms. The SMILES string of the molecule is CN(C)c1ccc(-c2ccncc2)cc1N(C=O)Cc1ccc(-c2nnc(C(F)F)o2)cc1F. The molecule has 0 aliphatic heterocycles. The normalized spacial score (nSPS) is 11.0. The van der Waals surface area contributed by atoms with E-state index in [1.807, 2.05) is 49.3 Å². The van der Waals surface area contributed by atoms with Gasteiger partial charge in [-0.1, -0.05) is 12.1 Å². The van der Waals surface area contributed by atoms with Crippen LogP contribution in [0.1, 0.15) is 17.9 Å². The third-order valence-electron chi connectivity index (χ3n) is 5.18. The van der Waals surface area contributed by atoms with Crippen molar-refractivity contribution in [1.29, 1.82) is 0 Å². The molecule has 0 fully saturated rings. The van der Waals surface area contributed by atoms with Gasteiger partial charge in [-0.2, -0.15) is 8.78 Å². The first-order chi connectivity index (χ1) is 16.4. The molecule has 34 heavy (non-hydrogen) atoms. The number of pyridine rings is 1. The van der Waals surface area contributed by atoms with Gasteiger partial charge in [0.25, 0.3) is 5.89 Å². The zero-order valence-corrected chi connectivity index (χ0v) is 18.3. The molecular formula is C24H20F3N5O2. The maximum atomic E-state index is 14.9. The number of hydrogen-bond donors (Lipinski definition) is 0. The topological polar surface area (TPSA) is 75.4 Å². The summed E-state index contributed by atoms with van der Waals surface area (Å²) in [5, 5.41) is 6.79. The van der Waals surface area contributed by atoms with Gasteiger partial charge in [-0.05, 0) is 47.5 Å². The number of carbonyl (C=O) groups excluding carboxylic acids is 1. The van der Waals surface area contributed by atoms with Gasteiger partial charge in [-0.15, -0.1) is 10.2 Å². The second kappa shape index (κ2) is 9.74. The average Bonchev–Trinajstić information content (AvgIpc) is 3.34. The zero-order valence-electron chi connectivity index (χ0n) is 18.3. The highest BCUT2D eigenvalue weighted by molar-refractivity contribution is 5.87. The highest BCUT2D eigenvalue weighted by atomic mass is 19.3. The second-order valence-corrected chi connectivity index (χ2v) is 7.62. The van der Waals surface area contributed by atoms with Gasteiger partial charge >= 0.3 is 6.43 Å². The molecule has 0 aliphatic carbocycles. The third-order valence-corrected chi connectivity index (χ3v) is 5.18. The maximum absolute atomic E-state index is 14.9. The summed E-state index contributed by atoms with van der Waals surface area (Å²) in [6, 6.07) is 13.4. The number of rotatable bonds is 8. The van der Waals surface area contributed by atoms with Crippen LogP contribution in [0.15, 0.2) is 65.3 Å². The number of alkyl halides is 2. The fourth-order valence-electron chi connectivity index (χ4n) is 3.47. The molecule has 0 spiro atoms. The minimum atomic E-state index is -2.92. The summed E-state index contributed by atoms with van der Waals surface area (Å²) >= 11 is 0. The second-order valence-electron chi connectivity index (χ2n) is 7.62. The number of carbonyl (C=O) groups is 1. The van der Waals surface area contributed by atoms with Gasteiger partial charge in [0.2, 0.25) is 12.3 Å². The lowest BCUT2D eigenvalue weighted by Crippen LogP contribution is -2.24. The van der Waals surface area contributed by atoms with E-state index in [0.29, 0.717) is 12.1 Å². The Labute approximate surface area is 193 Å².